The van der Waals surface area contributed by atoms with E-state index in [0.29, 0.717) is 17.9 Å². The number of esters is 1. The van der Waals surface area contributed by atoms with Crippen molar-refractivity contribution in [2.75, 3.05) is 20.2 Å². The first-order chi connectivity index (χ1) is 15.6. The van der Waals surface area contributed by atoms with Gasteiger partial charge < -0.3 is 14.1 Å². The fraction of sp³-hybridized carbons (Fsp3) is 0.320. The van der Waals surface area contributed by atoms with E-state index in [1.807, 2.05) is 29.2 Å². The minimum absolute atomic E-state index is 0.0873. The number of nitrogens with zero attached hydrogens (tertiary/aromatic N) is 3. The molecule has 1 aliphatic rings. The zero-order chi connectivity index (χ0) is 22.3. The van der Waals surface area contributed by atoms with E-state index >= 15 is 0 Å². The van der Waals surface area contributed by atoms with Gasteiger partial charge in [-0.25, -0.2) is 4.79 Å². The first-order valence-corrected chi connectivity index (χ1v) is 10.8. The van der Waals surface area contributed by atoms with E-state index in [-0.39, 0.29) is 17.9 Å². The van der Waals surface area contributed by atoms with Crippen molar-refractivity contribution in [2.24, 2.45) is 0 Å². The van der Waals surface area contributed by atoms with E-state index < -0.39 is 0 Å². The standard InChI is InChI=1S/C25H27N3O4/c1-31-25(30)21-8-6-19(7-9-21)17-27-13-10-22(11-14-27)28(18-20-4-2-12-26-16-20)24(29)23-5-3-15-32-23/h2-9,12,15-16,22H,10-11,13-14,17-18H2,1H3. The molecule has 0 spiro atoms. The van der Waals surface area contributed by atoms with Gasteiger partial charge in [0.15, 0.2) is 5.76 Å². The molecule has 0 atom stereocenters. The summed E-state index contributed by atoms with van der Waals surface area (Å²) in [4.78, 5) is 33.2. The lowest BCUT2D eigenvalue weighted by atomic mass is 10.0. The van der Waals surface area contributed by atoms with Crippen molar-refractivity contribution < 1.29 is 18.7 Å². The van der Waals surface area contributed by atoms with Crippen LogP contribution in [-0.4, -0.2) is 52.9 Å². The molecule has 0 radical (unpaired) electrons. The number of ether oxygens (including phenoxy) is 1. The van der Waals surface area contributed by atoms with Gasteiger partial charge in [0.05, 0.1) is 18.9 Å². The highest BCUT2D eigenvalue weighted by atomic mass is 16.5. The van der Waals surface area contributed by atoms with Gasteiger partial charge in [0, 0.05) is 44.6 Å². The highest BCUT2D eigenvalue weighted by Gasteiger charge is 2.30. The van der Waals surface area contributed by atoms with Gasteiger partial charge in [-0.15, -0.1) is 0 Å². The van der Waals surface area contributed by atoms with Crippen LogP contribution in [0.3, 0.4) is 0 Å². The molecule has 0 unspecified atom stereocenters. The van der Waals surface area contributed by atoms with Gasteiger partial charge in [0.25, 0.3) is 5.91 Å². The Labute approximate surface area is 187 Å². The summed E-state index contributed by atoms with van der Waals surface area (Å²) in [6, 6.07) is 15.0. The minimum Gasteiger partial charge on any atom is -0.465 e. The Morgan fingerprint density at radius 3 is 2.50 bits per heavy atom. The van der Waals surface area contributed by atoms with Crippen LogP contribution in [0.25, 0.3) is 0 Å². The number of pyridine rings is 1. The molecule has 1 saturated heterocycles. The van der Waals surface area contributed by atoms with Crippen LogP contribution in [0, 0.1) is 0 Å². The number of hydrogen-bond donors (Lipinski definition) is 0. The van der Waals surface area contributed by atoms with Crippen molar-refractivity contribution >= 4 is 11.9 Å². The van der Waals surface area contributed by atoms with Gasteiger partial charge in [0.1, 0.15) is 0 Å². The number of methoxy groups -OCH3 is 1. The molecule has 4 rings (SSSR count). The van der Waals surface area contributed by atoms with E-state index in [1.165, 1.54) is 13.4 Å². The number of carbonyl (C=O) groups is 2. The van der Waals surface area contributed by atoms with Crippen molar-refractivity contribution in [3.63, 3.8) is 0 Å². The Kier molecular flexibility index (Phi) is 6.97. The van der Waals surface area contributed by atoms with Gasteiger partial charge in [-0.05, 0) is 54.3 Å². The number of carbonyl (C=O) groups excluding carboxylic acids is 2. The molecule has 0 N–H and O–H groups in total. The molecular weight excluding hydrogens is 406 g/mol. The third-order valence-electron chi connectivity index (χ3n) is 5.85. The van der Waals surface area contributed by atoms with Crippen LogP contribution in [0.15, 0.2) is 71.6 Å². The van der Waals surface area contributed by atoms with E-state index in [9.17, 15) is 9.59 Å². The summed E-state index contributed by atoms with van der Waals surface area (Å²) < 4.78 is 10.1. The number of aromatic nitrogens is 1. The average Bonchev–Trinajstić information content (AvgIpc) is 3.38. The maximum Gasteiger partial charge on any atom is 0.337 e. The Morgan fingerprint density at radius 2 is 1.88 bits per heavy atom. The Hall–Kier alpha value is -3.45. The van der Waals surface area contributed by atoms with E-state index in [4.69, 9.17) is 9.15 Å². The fourth-order valence-electron chi connectivity index (χ4n) is 4.11. The number of hydrogen-bond acceptors (Lipinski definition) is 6. The van der Waals surface area contributed by atoms with Crippen molar-refractivity contribution in [3.05, 3.63) is 89.6 Å². The molecule has 32 heavy (non-hydrogen) atoms. The Morgan fingerprint density at radius 1 is 1.09 bits per heavy atom. The van der Waals surface area contributed by atoms with Crippen molar-refractivity contribution in [3.8, 4) is 0 Å². The lowest BCUT2D eigenvalue weighted by molar-refractivity contribution is 0.0511. The molecule has 3 heterocycles. The number of furan rings is 1. The zero-order valence-corrected chi connectivity index (χ0v) is 18.1. The first-order valence-electron chi connectivity index (χ1n) is 10.8. The average molecular weight is 434 g/mol. The highest BCUT2D eigenvalue weighted by molar-refractivity contribution is 5.91. The molecular formula is C25H27N3O4. The number of benzene rings is 1. The summed E-state index contributed by atoms with van der Waals surface area (Å²) in [5.41, 5.74) is 2.70. The molecule has 3 aromatic rings. The normalized spacial score (nSPS) is 14.8. The van der Waals surface area contributed by atoms with Gasteiger partial charge in [-0.2, -0.15) is 0 Å². The smallest absolute Gasteiger partial charge is 0.337 e. The quantitative estimate of drug-likeness (QED) is 0.528. The summed E-state index contributed by atoms with van der Waals surface area (Å²) in [5.74, 6) is -0.0509. The second-order valence-electron chi connectivity index (χ2n) is 7.97. The molecule has 0 aliphatic carbocycles. The lowest BCUT2D eigenvalue weighted by Gasteiger charge is -2.38. The third-order valence-corrected chi connectivity index (χ3v) is 5.85. The highest BCUT2D eigenvalue weighted by Crippen LogP contribution is 2.23. The summed E-state index contributed by atoms with van der Waals surface area (Å²) in [7, 11) is 1.38. The lowest BCUT2D eigenvalue weighted by Crippen LogP contribution is -2.46. The Bertz CT molecular complexity index is 1010. The number of piperidine rings is 1. The molecule has 166 valence electrons. The molecule has 1 amide bonds. The number of rotatable bonds is 7. The molecule has 1 fully saturated rings. The minimum atomic E-state index is -0.327. The summed E-state index contributed by atoms with van der Waals surface area (Å²) in [6.45, 7) is 3.09. The summed E-state index contributed by atoms with van der Waals surface area (Å²) >= 11 is 0. The molecule has 0 saturated carbocycles. The van der Waals surface area contributed by atoms with Crippen molar-refractivity contribution in [2.45, 2.75) is 32.0 Å². The second-order valence-corrected chi connectivity index (χ2v) is 7.97. The monoisotopic (exact) mass is 433 g/mol. The molecule has 7 nitrogen and oxygen atoms in total. The summed E-state index contributed by atoms with van der Waals surface area (Å²) in [5, 5.41) is 0. The molecule has 2 aromatic heterocycles. The van der Waals surface area contributed by atoms with Gasteiger partial charge in [0.2, 0.25) is 0 Å². The number of amides is 1. The first kappa shape index (κ1) is 21.8. The fourth-order valence-corrected chi connectivity index (χ4v) is 4.11. The molecule has 1 aromatic carbocycles. The predicted octanol–water partition coefficient (Wildman–Crippen LogP) is 3.77. The van der Waals surface area contributed by atoms with Crippen molar-refractivity contribution in [1.82, 2.24) is 14.8 Å². The SMILES string of the molecule is COC(=O)c1ccc(CN2CCC(N(Cc3cccnc3)C(=O)c3ccco3)CC2)cc1. The van der Waals surface area contributed by atoms with Crippen LogP contribution >= 0.6 is 0 Å². The Balaban J connectivity index is 1.39. The topological polar surface area (TPSA) is 75.9 Å². The maximum atomic E-state index is 13.2. The molecule has 7 heteroatoms. The molecule has 0 bridgehead atoms. The maximum absolute atomic E-state index is 13.2. The van der Waals surface area contributed by atoms with Gasteiger partial charge in [-0.1, -0.05) is 18.2 Å². The van der Waals surface area contributed by atoms with E-state index in [1.54, 1.807) is 36.7 Å². The van der Waals surface area contributed by atoms with Crippen LogP contribution in [0.5, 0.6) is 0 Å². The third kappa shape index (κ3) is 5.23. The van der Waals surface area contributed by atoms with E-state index in [0.717, 1.165) is 43.6 Å². The van der Waals surface area contributed by atoms with Gasteiger partial charge >= 0.3 is 5.97 Å². The summed E-state index contributed by atoms with van der Waals surface area (Å²) in [6.07, 6.45) is 6.83. The van der Waals surface area contributed by atoms with Crippen LogP contribution in [0.2, 0.25) is 0 Å². The zero-order valence-electron chi connectivity index (χ0n) is 18.1. The molecule has 1 aliphatic heterocycles. The van der Waals surface area contributed by atoms with Crippen molar-refractivity contribution in [1.29, 1.82) is 0 Å². The van der Waals surface area contributed by atoms with Crippen LogP contribution in [0.1, 0.15) is 44.9 Å². The second kappa shape index (κ2) is 10.2. The number of likely N-dealkylation sites (tertiary alicyclic amines) is 1. The van der Waals surface area contributed by atoms with Crippen LogP contribution in [0.4, 0.5) is 0 Å². The largest absolute Gasteiger partial charge is 0.465 e. The van der Waals surface area contributed by atoms with Crippen LogP contribution < -0.4 is 0 Å². The van der Waals surface area contributed by atoms with Gasteiger partial charge in [-0.3, -0.25) is 14.7 Å². The van der Waals surface area contributed by atoms with Crippen LogP contribution in [-0.2, 0) is 17.8 Å². The van der Waals surface area contributed by atoms with E-state index in [2.05, 4.69) is 9.88 Å². The predicted molar refractivity (Wildman–Crippen MR) is 119 cm³/mol.